The molecule has 154 valence electrons. The van der Waals surface area contributed by atoms with E-state index in [0.29, 0.717) is 26.2 Å². The molecule has 0 unspecified atom stereocenters. The van der Waals surface area contributed by atoms with E-state index in [1.165, 1.54) is 23.9 Å². The average Bonchev–Trinajstić information content (AvgIpc) is 2.75. The molecule has 0 saturated heterocycles. The van der Waals surface area contributed by atoms with E-state index in [2.05, 4.69) is 5.32 Å². The first-order chi connectivity index (χ1) is 14.9. The zero-order valence-corrected chi connectivity index (χ0v) is 18.0. The molecule has 1 amide bonds. The summed E-state index contributed by atoms with van der Waals surface area (Å²) in [5, 5.41) is 24.6. The number of nitro benzene ring substituents is 1. The number of amides is 1. The second kappa shape index (κ2) is 10.1. The van der Waals surface area contributed by atoms with Gasteiger partial charge in [-0.25, -0.2) is 0 Å². The van der Waals surface area contributed by atoms with Crippen molar-refractivity contribution in [3.8, 4) is 6.07 Å². The Kier molecular flexibility index (Phi) is 7.32. The van der Waals surface area contributed by atoms with Crippen molar-refractivity contribution in [3.05, 3.63) is 98.0 Å². The van der Waals surface area contributed by atoms with E-state index in [4.69, 9.17) is 23.2 Å². The van der Waals surface area contributed by atoms with Crippen molar-refractivity contribution >= 4 is 58.3 Å². The summed E-state index contributed by atoms with van der Waals surface area (Å²) >= 11 is 12.9. The Hall–Kier alpha value is -3.31. The van der Waals surface area contributed by atoms with Crippen LogP contribution in [0.25, 0.3) is 6.08 Å². The number of carbonyl (C=O) groups is 1. The Morgan fingerprint density at radius 1 is 1.03 bits per heavy atom. The molecule has 6 nitrogen and oxygen atoms in total. The Morgan fingerprint density at radius 2 is 1.65 bits per heavy atom. The molecule has 0 aliphatic rings. The van der Waals surface area contributed by atoms with Crippen molar-refractivity contribution in [2.45, 2.75) is 9.79 Å². The van der Waals surface area contributed by atoms with Gasteiger partial charge in [-0.1, -0.05) is 41.0 Å². The molecule has 3 aromatic carbocycles. The number of nitrogens with one attached hydrogen (secondary N) is 1. The van der Waals surface area contributed by atoms with E-state index in [1.54, 1.807) is 60.7 Å². The predicted molar refractivity (Wildman–Crippen MR) is 122 cm³/mol. The first-order valence-electron chi connectivity index (χ1n) is 8.76. The van der Waals surface area contributed by atoms with E-state index in [0.717, 1.165) is 4.90 Å². The van der Waals surface area contributed by atoms with Crippen LogP contribution in [0.4, 0.5) is 11.4 Å². The van der Waals surface area contributed by atoms with Gasteiger partial charge in [0, 0.05) is 26.7 Å². The highest BCUT2D eigenvalue weighted by molar-refractivity contribution is 7.99. The number of benzene rings is 3. The monoisotopic (exact) mass is 469 g/mol. The number of nitriles is 1. The first kappa shape index (κ1) is 22.4. The third-order valence-electron chi connectivity index (χ3n) is 4.00. The normalized spacial score (nSPS) is 10.9. The second-order valence-electron chi connectivity index (χ2n) is 6.17. The van der Waals surface area contributed by atoms with Gasteiger partial charge >= 0.3 is 0 Å². The van der Waals surface area contributed by atoms with E-state index in [9.17, 15) is 20.2 Å². The Bertz CT molecular complexity index is 1200. The van der Waals surface area contributed by atoms with Crippen molar-refractivity contribution < 1.29 is 9.72 Å². The Balaban J connectivity index is 1.85. The van der Waals surface area contributed by atoms with Crippen molar-refractivity contribution in [2.75, 3.05) is 5.32 Å². The van der Waals surface area contributed by atoms with Gasteiger partial charge in [0.25, 0.3) is 11.6 Å². The van der Waals surface area contributed by atoms with Crippen LogP contribution in [-0.2, 0) is 4.79 Å². The van der Waals surface area contributed by atoms with Crippen LogP contribution in [0.1, 0.15) is 5.56 Å². The van der Waals surface area contributed by atoms with Crippen molar-refractivity contribution in [1.82, 2.24) is 0 Å². The van der Waals surface area contributed by atoms with Crippen LogP contribution in [0, 0.1) is 21.4 Å². The van der Waals surface area contributed by atoms with Gasteiger partial charge in [0.15, 0.2) is 0 Å². The van der Waals surface area contributed by atoms with E-state index >= 15 is 0 Å². The second-order valence-corrected chi connectivity index (χ2v) is 8.16. The van der Waals surface area contributed by atoms with Crippen LogP contribution in [0.3, 0.4) is 0 Å². The smallest absolute Gasteiger partial charge is 0.283 e. The van der Waals surface area contributed by atoms with Gasteiger partial charge in [-0.05, 0) is 66.2 Å². The molecule has 9 heteroatoms. The summed E-state index contributed by atoms with van der Waals surface area (Å²) in [4.78, 5) is 24.7. The maximum atomic E-state index is 12.4. The molecule has 0 fully saturated rings. The molecule has 0 aliphatic carbocycles. The molecule has 31 heavy (non-hydrogen) atoms. The third kappa shape index (κ3) is 6.09. The minimum atomic E-state index is -0.632. The summed E-state index contributed by atoms with van der Waals surface area (Å²) in [6.07, 6.45) is 1.30. The van der Waals surface area contributed by atoms with Crippen LogP contribution in [-0.4, -0.2) is 10.8 Å². The van der Waals surface area contributed by atoms with Crippen LogP contribution in [0.2, 0.25) is 10.0 Å². The molecule has 3 rings (SSSR count). The van der Waals surface area contributed by atoms with Gasteiger partial charge < -0.3 is 5.32 Å². The van der Waals surface area contributed by atoms with E-state index < -0.39 is 10.8 Å². The topological polar surface area (TPSA) is 96.0 Å². The zero-order chi connectivity index (χ0) is 22.4. The quantitative estimate of drug-likeness (QED) is 0.190. The zero-order valence-electron chi connectivity index (χ0n) is 15.7. The lowest BCUT2D eigenvalue weighted by Crippen LogP contribution is -2.13. The highest BCUT2D eigenvalue weighted by atomic mass is 35.5. The molecule has 0 bridgehead atoms. The highest BCUT2D eigenvalue weighted by Gasteiger charge is 2.17. The lowest BCUT2D eigenvalue weighted by atomic mass is 10.1. The molecule has 0 aliphatic heterocycles. The van der Waals surface area contributed by atoms with Gasteiger partial charge in [-0.2, -0.15) is 5.26 Å². The fourth-order valence-electron chi connectivity index (χ4n) is 2.53. The first-order valence-corrected chi connectivity index (χ1v) is 10.3. The van der Waals surface area contributed by atoms with Gasteiger partial charge in [0.2, 0.25) is 0 Å². The third-order valence-corrected chi connectivity index (χ3v) is 5.58. The van der Waals surface area contributed by atoms with Crippen molar-refractivity contribution in [2.24, 2.45) is 0 Å². The number of carbonyl (C=O) groups excluding carboxylic acids is 1. The van der Waals surface area contributed by atoms with E-state index in [1.807, 2.05) is 6.07 Å². The lowest BCUT2D eigenvalue weighted by Gasteiger charge is -2.06. The maximum absolute atomic E-state index is 12.4. The van der Waals surface area contributed by atoms with Gasteiger partial charge in [0.05, 0.1) is 9.82 Å². The molecule has 0 radical (unpaired) electrons. The number of hydrogen-bond acceptors (Lipinski definition) is 5. The van der Waals surface area contributed by atoms with Crippen LogP contribution >= 0.6 is 35.0 Å². The van der Waals surface area contributed by atoms with Crippen LogP contribution < -0.4 is 5.32 Å². The fourth-order valence-corrected chi connectivity index (χ4v) is 3.68. The molecule has 0 heterocycles. The highest BCUT2D eigenvalue weighted by Crippen LogP contribution is 2.36. The fraction of sp³-hybridized carbons (Fsp3) is 0. The molecule has 0 saturated carbocycles. The molecular weight excluding hydrogens is 457 g/mol. The van der Waals surface area contributed by atoms with Crippen LogP contribution in [0.5, 0.6) is 0 Å². The summed E-state index contributed by atoms with van der Waals surface area (Å²) < 4.78 is 0. The minimum Gasteiger partial charge on any atom is -0.321 e. The SMILES string of the molecule is N#CC(=Cc1ccc(Sc2ccc(Cl)cc2)c([N+](=O)[O-])c1)C(=O)Nc1ccc(Cl)cc1. The summed E-state index contributed by atoms with van der Waals surface area (Å²) in [6, 6.07) is 19.7. The van der Waals surface area contributed by atoms with Crippen LogP contribution in [0.15, 0.2) is 82.1 Å². The van der Waals surface area contributed by atoms with E-state index in [-0.39, 0.29) is 11.3 Å². The Morgan fingerprint density at radius 3 is 2.23 bits per heavy atom. The molecule has 3 aromatic rings. The average molecular weight is 470 g/mol. The molecule has 0 aromatic heterocycles. The van der Waals surface area contributed by atoms with Crippen molar-refractivity contribution in [3.63, 3.8) is 0 Å². The number of halogens is 2. The number of anilines is 1. The van der Waals surface area contributed by atoms with Gasteiger partial charge in [-0.3, -0.25) is 14.9 Å². The summed E-state index contributed by atoms with van der Waals surface area (Å²) in [5.41, 5.74) is 0.498. The summed E-state index contributed by atoms with van der Waals surface area (Å²) in [6.45, 7) is 0. The minimum absolute atomic E-state index is 0.135. The number of rotatable bonds is 6. The Labute approximate surface area is 192 Å². The molecule has 0 atom stereocenters. The lowest BCUT2D eigenvalue weighted by molar-refractivity contribution is -0.387. The maximum Gasteiger partial charge on any atom is 0.283 e. The molecular formula is C22H13Cl2N3O3S. The summed E-state index contributed by atoms with van der Waals surface area (Å²) in [7, 11) is 0. The number of hydrogen-bond donors (Lipinski definition) is 1. The standard InChI is InChI=1S/C22H13Cl2N3O3S/c23-16-2-6-18(7-3-16)26-22(28)15(13-25)11-14-1-10-21(20(12-14)27(29)30)31-19-8-4-17(24)5-9-19/h1-12H,(H,26,28). The van der Waals surface area contributed by atoms with Crippen molar-refractivity contribution in [1.29, 1.82) is 5.26 Å². The molecule has 1 N–H and O–H groups in total. The number of nitro groups is 1. The van der Waals surface area contributed by atoms with Gasteiger partial charge in [-0.15, -0.1) is 0 Å². The largest absolute Gasteiger partial charge is 0.321 e. The molecule has 0 spiro atoms. The summed E-state index contributed by atoms with van der Waals surface area (Å²) in [5.74, 6) is -0.632. The number of nitrogens with zero attached hydrogens (tertiary/aromatic N) is 2. The predicted octanol–water partition coefficient (Wildman–Crippen LogP) is 6.60. The van der Waals surface area contributed by atoms with Gasteiger partial charge in [0.1, 0.15) is 11.6 Å².